The van der Waals surface area contributed by atoms with Gasteiger partial charge in [0.15, 0.2) is 0 Å². The molecule has 0 aromatic heterocycles. The van der Waals surface area contributed by atoms with E-state index < -0.39 is 34.2 Å². The first-order valence-corrected chi connectivity index (χ1v) is 17.4. The van der Waals surface area contributed by atoms with Crippen LogP contribution >= 0.6 is 23.2 Å². The SMILES string of the molecule is C[C@@H](CCN(C)S(=O)(=O)C1CC1)N1C(=O)[C@@](C)(CC(=O)NCC[C@H](O)CO)C[C@H](c2cccc(Cl)c2)[C@H]1c1ccc(Cl)cc1. The lowest BCUT2D eigenvalue weighted by atomic mass is 9.67. The highest BCUT2D eigenvalue weighted by atomic mass is 35.5. The molecule has 12 heteroatoms. The first kappa shape index (κ1) is 34.7. The summed E-state index contributed by atoms with van der Waals surface area (Å²) in [5.41, 5.74) is 0.715. The molecule has 1 aliphatic heterocycles. The van der Waals surface area contributed by atoms with Crippen LogP contribution in [0.4, 0.5) is 0 Å². The van der Waals surface area contributed by atoms with Crippen LogP contribution < -0.4 is 5.32 Å². The zero-order chi connectivity index (χ0) is 32.2. The van der Waals surface area contributed by atoms with Gasteiger partial charge in [0.1, 0.15) is 0 Å². The molecule has 2 aromatic rings. The molecule has 2 amide bonds. The van der Waals surface area contributed by atoms with Gasteiger partial charge in [-0.2, -0.15) is 0 Å². The summed E-state index contributed by atoms with van der Waals surface area (Å²) in [7, 11) is -1.79. The first-order valence-electron chi connectivity index (χ1n) is 15.1. The maximum absolute atomic E-state index is 14.6. The number of halogens is 2. The number of aliphatic hydroxyl groups excluding tert-OH is 2. The van der Waals surface area contributed by atoms with Crippen LogP contribution in [0, 0.1) is 5.41 Å². The minimum atomic E-state index is -3.38. The molecule has 4 rings (SSSR count). The molecule has 2 aromatic carbocycles. The molecule has 44 heavy (non-hydrogen) atoms. The van der Waals surface area contributed by atoms with Crippen molar-refractivity contribution in [1.29, 1.82) is 0 Å². The third-order valence-corrected chi connectivity index (χ3v) is 11.7. The smallest absolute Gasteiger partial charge is 0.229 e. The summed E-state index contributed by atoms with van der Waals surface area (Å²) in [6, 6.07) is 14.1. The summed E-state index contributed by atoms with van der Waals surface area (Å²) in [6.45, 7) is 3.75. The molecule has 0 unspecified atom stereocenters. The van der Waals surface area contributed by atoms with E-state index in [1.54, 1.807) is 32.2 Å². The summed E-state index contributed by atoms with van der Waals surface area (Å²) < 4.78 is 27.1. The number of sulfonamides is 1. The van der Waals surface area contributed by atoms with Gasteiger partial charge >= 0.3 is 0 Å². The molecule has 0 spiro atoms. The molecule has 242 valence electrons. The maximum atomic E-state index is 14.6. The number of aliphatic hydroxyl groups is 2. The van der Waals surface area contributed by atoms with E-state index in [-0.39, 0.29) is 55.0 Å². The zero-order valence-electron chi connectivity index (χ0n) is 25.5. The number of nitrogens with zero attached hydrogens (tertiary/aromatic N) is 2. The van der Waals surface area contributed by atoms with Gasteiger partial charge in [-0.25, -0.2) is 12.7 Å². The highest BCUT2D eigenvalue weighted by molar-refractivity contribution is 7.90. The summed E-state index contributed by atoms with van der Waals surface area (Å²) in [6.07, 6.45) is 1.29. The average Bonchev–Trinajstić information content (AvgIpc) is 3.84. The lowest BCUT2D eigenvalue weighted by Crippen LogP contribution is -2.56. The van der Waals surface area contributed by atoms with E-state index >= 15 is 0 Å². The Morgan fingerprint density at radius 2 is 1.80 bits per heavy atom. The predicted molar refractivity (Wildman–Crippen MR) is 172 cm³/mol. The van der Waals surface area contributed by atoms with E-state index in [2.05, 4.69) is 5.32 Å². The standard InChI is InChI=1S/C32H43Cl2N3O6S/c1-21(14-16-36(3)44(42,43)27-11-12-27)37-30(22-7-9-24(33)10-8-22)28(23-5-4-6-25(34)17-23)18-32(2,31(37)41)19-29(40)35-15-13-26(39)20-38/h4-10,17,21,26-28,30,38-39H,11-16,18-20H2,1-3H3,(H,35,40)/t21-,26-,28+,30+,32+/m0/s1. The Balaban J connectivity index is 1.70. The zero-order valence-corrected chi connectivity index (χ0v) is 27.8. The van der Waals surface area contributed by atoms with Gasteiger partial charge in [-0.3, -0.25) is 9.59 Å². The Morgan fingerprint density at radius 1 is 1.11 bits per heavy atom. The van der Waals surface area contributed by atoms with Crippen LogP contribution in [0.5, 0.6) is 0 Å². The molecule has 0 radical (unpaired) electrons. The van der Waals surface area contributed by atoms with Gasteiger partial charge in [-0.1, -0.05) is 54.4 Å². The lowest BCUT2D eigenvalue weighted by Gasteiger charge is -2.51. The van der Waals surface area contributed by atoms with Crippen molar-refractivity contribution in [3.05, 3.63) is 69.7 Å². The second-order valence-corrected chi connectivity index (χ2v) is 15.7. The summed E-state index contributed by atoms with van der Waals surface area (Å²) in [5.74, 6) is -0.762. The molecular weight excluding hydrogens is 625 g/mol. The molecule has 1 saturated carbocycles. The Hall–Kier alpha value is -2.21. The fourth-order valence-corrected chi connectivity index (χ4v) is 8.10. The highest BCUT2D eigenvalue weighted by Crippen LogP contribution is 2.52. The quantitative estimate of drug-likeness (QED) is 0.272. The van der Waals surface area contributed by atoms with Crippen molar-refractivity contribution >= 4 is 45.0 Å². The second kappa shape index (κ2) is 14.5. The molecule has 2 fully saturated rings. The number of carbonyl (C=O) groups is 2. The van der Waals surface area contributed by atoms with Crippen LogP contribution in [0.1, 0.15) is 75.5 Å². The molecule has 1 aliphatic carbocycles. The largest absolute Gasteiger partial charge is 0.394 e. The van der Waals surface area contributed by atoms with Crippen LogP contribution in [-0.4, -0.2) is 83.8 Å². The number of rotatable bonds is 14. The lowest BCUT2D eigenvalue weighted by molar-refractivity contribution is -0.157. The van der Waals surface area contributed by atoms with Crippen molar-refractivity contribution in [2.24, 2.45) is 5.41 Å². The third-order valence-electron chi connectivity index (χ3n) is 8.87. The Labute approximate surface area is 270 Å². The van der Waals surface area contributed by atoms with E-state index in [9.17, 15) is 23.1 Å². The van der Waals surface area contributed by atoms with Crippen LogP contribution in [0.15, 0.2) is 48.5 Å². The van der Waals surface area contributed by atoms with Crippen molar-refractivity contribution in [2.75, 3.05) is 26.7 Å². The highest BCUT2D eigenvalue weighted by Gasteiger charge is 2.52. The van der Waals surface area contributed by atoms with Crippen LogP contribution in [-0.2, 0) is 19.6 Å². The van der Waals surface area contributed by atoms with Gasteiger partial charge < -0.3 is 20.4 Å². The van der Waals surface area contributed by atoms with Gasteiger partial charge in [0, 0.05) is 48.6 Å². The van der Waals surface area contributed by atoms with E-state index in [1.165, 1.54) is 4.31 Å². The predicted octanol–water partition coefficient (Wildman–Crippen LogP) is 4.51. The van der Waals surface area contributed by atoms with Crippen molar-refractivity contribution in [3.8, 4) is 0 Å². The van der Waals surface area contributed by atoms with Gasteiger partial charge in [-0.05, 0) is 74.4 Å². The summed E-state index contributed by atoms with van der Waals surface area (Å²) in [5, 5.41) is 22.3. The van der Waals surface area contributed by atoms with Crippen LogP contribution in [0.25, 0.3) is 0 Å². The van der Waals surface area contributed by atoms with Crippen molar-refractivity contribution < 1.29 is 28.2 Å². The van der Waals surface area contributed by atoms with Crippen molar-refractivity contribution in [3.63, 3.8) is 0 Å². The van der Waals surface area contributed by atoms with E-state index in [0.29, 0.717) is 35.7 Å². The van der Waals surface area contributed by atoms with Crippen molar-refractivity contribution in [1.82, 2.24) is 14.5 Å². The van der Waals surface area contributed by atoms with E-state index in [1.807, 2.05) is 42.2 Å². The molecular formula is C32H43Cl2N3O6S. The minimum absolute atomic E-state index is 0.0787. The van der Waals surface area contributed by atoms with E-state index in [4.69, 9.17) is 28.3 Å². The van der Waals surface area contributed by atoms with Gasteiger partial charge in [-0.15, -0.1) is 0 Å². The number of amides is 2. The number of nitrogens with one attached hydrogen (secondary N) is 1. The molecule has 1 heterocycles. The third kappa shape index (κ3) is 8.13. The number of piperidine rings is 1. The number of likely N-dealkylation sites (tertiary alicyclic amines) is 1. The monoisotopic (exact) mass is 667 g/mol. The first-order chi connectivity index (χ1) is 20.8. The number of hydrogen-bond donors (Lipinski definition) is 3. The van der Waals surface area contributed by atoms with Gasteiger partial charge in [0.05, 0.1) is 29.4 Å². The van der Waals surface area contributed by atoms with Crippen molar-refractivity contribution in [2.45, 2.75) is 81.7 Å². The summed E-state index contributed by atoms with van der Waals surface area (Å²) >= 11 is 12.7. The Bertz CT molecular complexity index is 1420. The molecule has 3 N–H and O–H groups in total. The maximum Gasteiger partial charge on any atom is 0.229 e. The molecule has 2 aliphatic rings. The number of carbonyl (C=O) groups excluding carboxylic acids is 2. The molecule has 5 atom stereocenters. The fraction of sp³-hybridized carbons (Fsp3) is 0.562. The normalized spacial score (nSPS) is 23.9. The van der Waals surface area contributed by atoms with Gasteiger partial charge in [0.25, 0.3) is 0 Å². The van der Waals surface area contributed by atoms with Gasteiger partial charge in [0.2, 0.25) is 21.8 Å². The second-order valence-electron chi connectivity index (χ2n) is 12.5. The summed E-state index contributed by atoms with van der Waals surface area (Å²) in [4.78, 5) is 29.6. The molecule has 9 nitrogen and oxygen atoms in total. The Morgan fingerprint density at radius 3 is 2.41 bits per heavy atom. The minimum Gasteiger partial charge on any atom is -0.394 e. The number of hydrogen-bond acceptors (Lipinski definition) is 6. The topological polar surface area (TPSA) is 127 Å². The molecule has 1 saturated heterocycles. The Kier molecular flexibility index (Phi) is 11.4. The van der Waals surface area contributed by atoms with Crippen LogP contribution in [0.3, 0.4) is 0 Å². The van der Waals surface area contributed by atoms with Crippen LogP contribution in [0.2, 0.25) is 10.0 Å². The average molecular weight is 669 g/mol. The fourth-order valence-electron chi connectivity index (χ4n) is 6.17. The number of benzene rings is 2. The molecule has 0 bridgehead atoms. The van der Waals surface area contributed by atoms with E-state index in [0.717, 1.165) is 11.1 Å².